The first-order valence-corrected chi connectivity index (χ1v) is 12.9. The molecule has 0 unspecified atom stereocenters. The van der Waals surface area contributed by atoms with Crippen LogP contribution in [0.5, 0.6) is 5.75 Å². The number of amides is 2. The van der Waals surface area contributed by atoms with Gasteiger partial charge in [0.25, 0.3) is 5.91 Å². The van der Waals surface area contributed by atoms with E-state index in [1.807, 2.05) is 54.6 Å². The van der Waals surface area contributed by atoms with Crippen LogP contribution in [0.1, 0.15) is 21.9 Å². The maximum atomic E-state index is 12.4. The molecule has 2 N–H and O–H groups in total. The van der Waals surface area contributed by atoms with E-state index in [4.69, 9.17) is 4.74 Å². The van der Waals surface area contributed by atoms with E-state index < -0.39 is 0 Å². The molecule has 0 atom stereocenters. The number of thioether (sulfide) groups is 1. The van der Waals surface area contributed by atoms with Crippen molar-refractivity contribution in [3.63, 3.8) is 0 Å². The predicted molar refractivity (Wildman–Crippen MR) is 149 cm³/mol. The standard InChI is InChI=1S/C30H25N3O3S/c34-28(32-22-8-2-1-3-9-22)19-36-23-16-14-21(15-17-23)18-31-33-29(35)20-37-30-26-12-6-4-10-24(26)25-11-5-7-13-27(25)30/h1-18,30H,19-20H2,(H,32,34)(H,33,35)/b31-18-. The minimum Gasteiger partial charge on any atom is -0.484 e. The molecule has 5 rings (SSSR count). The van der Waals surface area contributed by atoms with Crippen LogP contribution in [0.25, 0.3) is 11.1 Å². The topological polar surface area (TPSA) is 79.8 Å². The Kier molecular flexibility index (Phi) is 7.62. The molecular weight excluding hydrogens is 482 g/mol. The molecule has 0 fully saturated rings. The molecular formula is C30H25N3O3S. The smallest absolute Gasteiger partial charge is 0.262 e. The number of fused-ring (bicyclic) bond motifs is 3. The van der Waals surface area contributed by atoms with E-state index in [1.165, 1.54) is 22.3 Å². The Hall–Kier alpha value is -4.36. The van der Waals surface area contributed by atoms with Crippen molar-refractivity contribution in [1.29, 1.82) is 0 Å². The summed E-state index contributed by atoms with van der Waals surface area (Å²) in [5.41, 5.74) is 9.08. The third-order valence-electron chi connectivity index (χ3n) is 5.87. The third kappa shape index (κ3) is 6.08. The van der Waals surface area contributed by atoms with E-state index in [2.05, 4.69) is 40.1 Å². The van der Waals surface area contributed by atoms with E-state index in [-0.39, 0.29) is 23.7 Å². The fourth-order valence-electron chi connectivity index (χ4n) is 4.18. The van der Waals surface area contributed by atoms with E-state index in [1.54, 1.807) is 42.2 Å². The lowest BCUT2D eigenvalue weighted by Crippen LogP contribution is -2.20. The molecule has 7 heteroatoms. The van der Waals surface area contributed by atoms with Gasteiger partial charge in [0.15, 0.2) is 6.61 Å². The van der Waals surface area contributed by atoms with Crippen molar-refractivity contribution in [1.82, 2.24) is 5.43 Å². The molecule has 0 bridgehead atoms. The Morgan fingerprint density at radius 3 is 2.08 bits per heavy atom. The second-order valence-electron chi connectivity index (χ2n) is 8.43. The highest BCUT2D eigenvalue weighted by Gasteiger charge is 2.28. The molecule has 1 aliphatic rings. The van der Waals surface area contributed by atoms with Crippen LogP contribution in [-0.2, 0) is 9.59 Å². The van der Waals surface area contributed by atoms with Crippen LogP contribution in [0.2, 0.25) is 0 Å². The SMILES string of the molecule is O=C(CSC1c2ccccc2-c2ccccc21)N/N=C\c1ccc(OCC(=O)Nc2ccccc2)cc1. The van der Waals surface area contributed by atoms with Crippen LogP contribution >= 0.6 is 11.8 Å². The van der Waals surface area contributed by atoms with Crippen LogP contribution in [0.4, 0.5) is 5.69 Å². The van der Waals surface area contributed by atoms with Crippen molar-refractivity contribution in [2.75, 3.05) is 17.7 Å². The average Bonchev–Trinajstić information content (AvgIpc) is 3.26. The first kappa shape index (κ1) is 24.3. The van der Waals surface area contributed by atoms with Crippen LogP contribution in [0.15, 0.2) is 108 Å². The van der Waals surface area contributed by atoms with Gasteiger partial charge in [0.05, 0.1) is 17.2 Å². The molecule has 0 spiro atoms. The number of carbonyl (C=O) groups is 2. The van der Waals surface area contributed by atoms with Crippen LogP contribution in [0, 0.1) is 0 Å². The van der Waals surface area contributed by atoms with Gasteiger partial charge in [-0.3, -0.25) is 9.59 Å². The molecule has 4 aromatic carbocycles. The normalized spacial score (nSPS) is 12.1. The van der Waals surface area contributed by atoms with Gasteiger partial charge in [-0.2, -0.15) is 5.10 Å². The zero-order valence-corrected chi connectivity index (χ0v) is 20.8. The first-order valence-electron chi connectivity index (χ1n) is 11.9. The minimum atomic E-state index is -0.234. The Bertz CT molecular complexity index is 1380. The Morgan fingerprint density at radius 1 is 0.784 bits per heavy atom. The summed E-state index contributed by atoms with van der Waals surface area (Å²) in [6, 6.07) is 33.0. The zero-order valence-electron chi connectivity index (χ0n) is 20.0. The number of hydrazone groups is 1. The molecule has 0 saturated carbocycles. The number of ether oxygens (including phenoxy) is 1. The molecule has 4 aromatic rings. The van der Waals surface area contributed by atoms with Gasteiger partial charge in [0.1, 0.15) is 5.75 Å². The summed E-state index contributed by atoms with van der Waals surface area (Å²) in [6.45, 7) is -0.0913. The van der Waals surface area contributed by atoms with Crippen molar-refractivity contribution >= 4 is 35.5 Å². The lowest BCUT2D eigenvalue weighted by molar-refractivity contribution is -0.119. The van der Waals surface area contributed by atoms with E-state index >= 15 is 0 Å². The number of anilines is 1. The van der Waals surface area contributed by atoms with E-state index in [9.17, 15) is 9.59 Å². The number of nitrogens with zero attached hydrogens (tertiary/aromatic N) is 1. The van der Waals surface area contributed by atoms with Gasteiger partial charge in [-0.25, -0.2) is 5.43 Å². The maximum Gasteiger partial charge on any atom is 0.262 e. The summed E-state index contributed by atoms with van der Waals surface area (Å²) in [6.07, 6.45) is 1.58. The number of hydrogen-bond donors (Lipinski definition) is 2. The summed E-state index contributed by atoms with van der Waals surface area (Å²) >= 11 is 1.60. The average molecular weight is 508 g/mol. The fraction of sp³-hybridized carbons (Fsp3) is 0.100. The van der Waals surface area contributed by atoms with Crippen LogP contribution in [-0.4, -0.2) is 30.4 Å². The monoisotopic (exact) mass is 507 g/mol. The Labute approximate surface area is 219 Å². The minimum absolute atomic E-state index is 0.0913. The maximum absolute atomic E-state index is 12.4. The number of nitrogens with one attached hydrogen (secondary N) is 2. The molecule has 0 aliphatic heterocycles. The first-order chi connectivity index (χ1) is 18.2. The zero-order chi connectivity index (χ0) is 25.5. The summed E-state index contributed by atoms with van der Waals surface area (Å²) in [7, 11) is 0. The van der Waals surface area contributed by atoms with Crippen molar-refractivity contribution < 1.29 is 14.3 Å². The van der Waals surface area contributed by atoms with Gasteiger partial charge >= 0.3 is 0 Å². The molecule has 184 valence electrons. The van der Waals surface area contributed by atoms with Gasteiger partial charge in [-0.15, -0.1) is 11.8 Å². The van der Waals surface area contributed by atoms with E-state index in [0.29, 0.717) is 11.5 Å². The van der Waals surface area contributed by atoms with Gasteiger partial charge in [0.2, 0.25) is 5.91 Å². The lowest BCUT2D eigenvalue weighted by Gasteiger charge is -2.12. The second-order valence-corrected chi connectivity index (χ2v) is 9.52. The number of carbonyl (C=O) groups excluding carboxylic acids is 2. The molecule has 1 aliphatic carbocycles. The van der Waals surface area contributed by atoms with Crippen molar-refractivity contribution in [3.8, 4) is 16.9 Å². The highest BCUT2D eigenvalue weighted by Crippen LogP contribution is 2.49. The summed E-state index contributed by atoms with van der Waals surface area (Å²) in [5, 5.41) is 6.99. The fourth-order valence-corrected chi connectivity index (χ4v) is 5.33. The quantitative estimate of drug-likeness (QED) is 0.226. The molecule has 0 radical (unpaired) electrons. The summed E-state index contributed by atoms with van der Waals surface area (Å²) < 4.78 is 5.54. The lowest BCUT2D eigenvalue weighted by atomic mass is 10.1. The molecule has 0 saturated heterocycles. The third-order valence-corrected chi connectivity index (χ3v) is 7.14. The van der Waals surface area contributed by atoms with Crippen LogP contribution in [0.3, 0.4) is 0 Å². The van der Waals surface area contributed by atoms with Crippen molar-refractivity contribution in [3.05, 3.63) is 120 Å². The molecule has 6 nitrogen and oxygen atoms in total. The molecule has 2 amide bonds. The second kappa shape index (κ2) is 11.6. The van der Waals surface area contributed by atoms with Crippen molar-refractivity contribution in [2.24, 2.45) is 5.10 Å². The predicted octanol–water partition coefficient (Wildman–Crippen LogP) is 5.66. The van der Waals surface area contributed by atoms with Gasteiger partial charge in [-0.1, -0.05) is 66.7 Å². The number of para-hydroxylation sites is 1. The van der Waals surface area contributed by atoms with Crippen molar-refractivity contribution in [2.45, 2.75) is 5.25 Å². The van der Waals surface area contributed by atoms with Gasteiger partial charge in [0, 0.05) is 5.69 Å². The molecule has 37 heavy (non-hydrogen) atoms. The number of benzene rings is 4. The Balaban J connectivity index is 1.08. The summed E-state index contributed by atoms with van der Waals surface area (Å²) in [4.78, 5) is 24.5. The highest BCUT2D eigenvalue weighted by molar-refractivity contribution is 8.00. The molecule has 0 heterocycles. The van der Waals surface area contributed by atoms with Gasteiger partial charge < -0.3 is 10.1 Å². The van der Waals surface area contributed by atoms with Gasteiger partial charge in [-0.05, 0) is 64.2 Å². The molecule has 0 aromatic heterocycles. The largest absolute Gasteiger partial charge is 0.484 e. The number of rotatable bonds is 9. The number of hydrogen-bond acceptors (Lipinski definition) is 5. The van der Waals surface area contributed by atoms with Crippen LogP contribution < -0.4 is 15.5 Å². The summed E-state index contributed by atoms with van der Waals surface area (Å²) in [5.74, 6) is 0.468. The Morgan fingerprint density at radius 2 is 1.41 bits per heavy atom. The van der Waals surface area contributed by atoms with E-state index in [0.717, 1.165) is 11.3 Å². The highest BCUT2D eigenvalue weighted by atomic mass is 32.2.